The van der Waals surface area contributed by atoms with Gasteiger partial charge in [-0.05, 0) is 97.8 Å². The minimum Gasteiger partial charge on any atom is -0.491 e. The van der Waals surface area contributed by atoms with Crippen LogP contribution in [0, 0.1) is 0 Å². The molecule has 0 saturated carbocycles. The van der Waals surface area contributed by atoms with Crippen LogP contribution in [0.15, 0.2) is 110 Å². The molecule has 0 radical (unpaired) electrons. The van der Waals surface area contributed by atoms with E-state index in [4.69, 9.17) is 37.9 Å². The molecule has 0 saturated heterocycles. The van der Waals surface area contributed by atoms with E-state index in [1.165, 1.54) is 0 Å². The number of benzene rings is 2. The second-order valence-electron chi connectivity index (χ2n) is 13.8. The van der Waals surface area contributed by atoms with Gasteiger partial charge in [-0.3, -0.25) is 0 Å². The molecule has 4 N–H and O–H groups in total. The molecule has 1 aliphatic rings. The fraction of sp³-hybridized carbons (Fsp3) is 0.364. The molecule has 4 aromatic heterocycles. The van der Waals surface area contributed by atoms with Gasteiger partial charge in [-0.15, -0.1) is 0 Å². The quantitative estimate of drug-likeness (QED) is 0.142. The Labute approximate surface area is 327 Å². The molecule has 56 heavy (non-hydrogen) atoms. The summed E-state index contributed by atoms with van der Waals surface area (Å²) in [7, 11) is 0. The number of hydrogen-bond acceptors (Lipinski definition) is 8. The Hall–Kier alpha value is -5.40. The van der Waals surface area contributed by atoms with Gasteiger partial charge in [-0.25, -0.2) is 0 Å². The van der Waals surface area contributed by atoms with E-state index in [2.05, 4.69) is 82.3 Å². The first-order chi connectivity index (χ1) is 27.5. The molecule has 4 bridgehead atoms. The van der Waals surface area contributed by atoms with E-state index >= 15 is 0 Å². The lowest BCUT2D eigenvalue weighted by atomic mass is 9.76. The molecule has 6 aromatic rings. The fourth-order valence-corrected chi connectivity index (χ4v) is 7.05. The highest BCUT2D eigenvalue weighted by molar-refractivity contribution is 5.52. The van der Waals surface area contributed by atoms with E-state index < -0.39 is 10.8 Å². The summed E-state index contributed by atoms with van der Waals surface area (Å²) in [4.78, 5) is 13.7. The standard InChI is InChI=1S/C44H52N4O8/c1-43(39-7-3-11-45-39,40-8-4-12-46-40)33-27-35-31-36(28-33)54-24-20-50-16-18-52-22-26-56-38-30-34(44(2,41-9-5-13-47-41)42-10-6-14-48-42)29-37(32-38)55-25-21-51-17-15-49-19-23-53-35/h3-14,27-32,45-48H,15-26H2,1-2H3. The Balaban J connectivity index is 1.01. The third kappa shape index (κ3) is 9.34. The van der Waals surface area contributed by atoms with Crippen LogP contribution < -0.4 is 18.9 Å². The highest BCUT2D eigenvalue weighted by Crippen LogP contribution is 2.42. The van der Waals surface area contributed by atoms with Crippen molar-refractivity contribution in [3.05, 3.63) is 144 Å². The molecule has 0 amide bonds. The fourth-order valence-electron chi connectivity index (χ4n) is 7.05. The molecule has 12 nitrogen and oxygen atoms in total. The predicted octanol–water partition coefficient (Wildman–Crippen LogP) is 7.00. The van der Waals surface area contributed by atoms with Crippen LogP contribution in [0.5, 0.6) is 23.0 Å². The van der Waals surface area contributed by atoms with E-state index in [1.54, 1.807) is 0 Å². The first-order valence-electron chi connectivity index (χ1n) is 19.2. The first-order valence-corrected chi connectivity index (χ1v) is 19.2. The minimum absolute atomic E-state index is 0.363. The lowest BCUT2D eigenvalue weighted by Gasteiger charge is -2.30. The third-order valence-electron chi connectivity index (χ3n) is 10.2. The van der Waals surface area contributed by atoms with Gasteiger partial charge in [-0.1, -0.05) is 0 Å². The SMILES string of the molecule is CC(c1cc2cc(c1)OCCOCCOCCOc1cc(cc(C(C)(c3ccc[nH]3)c3ccc[nH]3)c1)OCCOCCOCCO2)(c1ccc[nH]1)c1ccc[nH]1. The summed E-state index contributed by atoms with van der Waals surface area (Å²) in [5.74, 6) is 2.74. The summed E-state index contributed by atoms with van der Waals surface area (Å²) in [5, 5.41) is 0. The van der Waals surface area contributed by atoms with E-state index in [9.17, 15) is 0 Å². The summed E-state index contributed by atoms with van der Waals surface area (Å²) in [6.45, 7) is 9.11. The van der Waals surface area contributed by atoms with Crippen LogP contribution in [-0.4, -0.2) is 99.2 Å². The summed E-state index contributed by atoms with van der Waals surface area (Å²) in [5.41, 5.74) is 5.14. The molecule has 7 rings (SSSR count). The number of H-pyrrole nitrogens is 4. The van der Waals surface area contributed by atoms with Gasteiger partial charge < -0.3 is 57.8 Å². The van der Waals surface area contributed by atoms with E-state index in [0.29, 0.717) is 102 Å². The molecule has 2 aromatic carbocycles. The number of fused-ring (bicyclic) bond motifs is 4. The second kappa shape index (κ2) is 19.0. The topological polar surface area (TPSA) is 137 Å². The van der Waals surface area contributed by atoms with Crippen molar-refractivity contribution < 1.29 is 37.9 Å². The normalized spacial score (nSPS) is 16.2. The summed E-state index contributed by atoms with van der Waals surface area (Å²) < 4.78 is 48.4. The van der Waals surface area contributed by atoms with Crippen molar-refractivity contribution in [2.45, 2.75) is 24.7 Å². The molecule has 5 heterocycles. The van der Waals surface area contributed by atoms with Gasteiger partial charge >= 0.3 is 0 Å². The number of hydrogen-bond donors (Lipinski definition) is 4. The van der Waals surface area contributed by atoms with Gasteiger partial charge in [0.1, 0.15) is 49.4 Å². The number of nitrogens with one attached hydrogen (secondary N) is 4. The van der Waals surface area contributed by atoms with Crippen LogP contribution >= 0.6 is 0 Å². The summed E-state index contributed by atoms with van der Waals surface area (Å²) in [6.07, 6.45) is 7.74. The Kier molecular flexibility index (Phi) is 13.2. The van der Waals surface area contributed by atoms with Crippen molar-refractivity contribution in [1.82, 2.24) is 19.9 Å². The van der Waals surface area contributed by atoms with Crippen molar-refractivity contribution in [3.63, 3.8) is 0 Å². The molecular formula is C44H52N4O8. The number of ether oxygens (including phenoxy) is 8. The molecule has 0 atom stereocenters. The lowest BCUT2D eigenvalue weighted by Crippen LogP contribution is -2.26. The van der Waals surface area contributed by atoms with Crippen LogP contribution in [0.25, 0.3) is 0 Å². The zero-order chi connectivity index (χ0) is 38.5. The Morgan fingerprint density at radius 1 is 0.357 bits per heavy atom. The number of aromatic amines is 4. The predicted molar refractivity (Wildman–Crippen MR) is 212 cm³/mol. The van der Waals surface area contributed by atoms with Crippen molar-refractivity contribution in [2.24, 2.45) is 0 Å². The zero-order valence-electron chi connectivity index (χ0n) is 32.1. The van der Waals surface area contributed by atoms with Crippen LogP contribution in [0.3, 0.4) is 0 Å². The summed E-state index contributed by atoms with van der Waals surface area (Å²) >= 11 is 0. The monoisotopic (exact) mass is 764 g/mol. The summed E-state index contributed by atoms with van der Waals surface area (Å²) in [6, 6.07) is 28.4. The molecule has 1 aliphatic heterocycles. The highest BCUT2D eigenvalue weighted by atomic mass is 16.6. The Bertz CT molecular complexity index is 1730. The van der Waals surface area contributed by atoms with Crippen LogP contribution in [0.1, 0.15) is 47.8 Å². The smallest absolute Gasteiger partial charge is 0.123 e. The number of rotatable bonds is 6. The largest absolute Gasteiger partial charge is 0.491 e. The van der Waals surface area contributed by atoms with E-state index in [0.717, 1.165) is 33.9 Å². The zero-order valence-corrected chi connectivity index (χ0v) is 32.1. The third-order valence-corrected chi connectivity index (χ3v) is 10.2. The first kappa shape index (κ1) is 38.9. The van der Waals surface area contributed by atoms with Gasteiger partial charge in [0.05, 0.1) is 63.7 Å². The van der Waals surface area contributed by atoms with E-state index in [-0.39, 0.29) is 0 Å². The highest BCUT2D eigenvalue weighted by Gasteiger charge is 2.35. The maximum Gasteiger partial charge on any atom is 0.123 e. The number of aromatic nitrogens is 4. The minimum atomic E-state index is -0.518. The van der Waals surface area contributed by atoms with Gasteiger partial charge in [0, 0.05) is 59.7 Å². The van der Waals surface area contributed by atoms with Gasteiger partial charge in [0.2, 0.25) is 0 Å². The average molecular weight is 765 g/mol. The Morgan fingerprint density at radius 3 is 0.839 bits per heavy atom. The molecule has 0 fully saturated rings. The van der Waals surface area contributed by atoms with E-state index in [1.807, 2.05) is 61.2 Å². The van der Waals surface area contributed by atoms with Gasteiger partial charge in [-0.2, -0.15) is 0 Å². The Morgan fingerprint density at radius 2 is 0.607 bits per heavy atom. The van der Waals surface area contributed by atoms with Gasteiger partial charge in [0.25, 0.3) is 0 Å². The van der Waals surface area contributed by atoms with Crippen LogP contribution in [0.2, 0.25) is 0 Å². The molecule has 12 heteroatoms. The van der Waals surface area contributed by atoms with Crippen LogP contribution in [-0.2, 0) is 29.8 Å². The van der Waals surface area contributed by atoms with Gasteiger partial charge in [0.15, 0.2) is 0 Å². The maximum atomic E-state index is 6.23. The molecule has 0 unspecified atom stereocenters. The van der Waals surface area contributed by atoms with Crippen molar-refractivity contribution in [2.75, 3.05) is 79.3 Å². The molecule has 296 valence electrons. The second-order valence-corrected chi connectivity index (χ2v) is 13.8. The molecule has 0 aliphatic carbocycles. The lowest BCUT2D eigenvalue weighted by molar-refractivity contribution is 0.0260. The van der Waals surface area contributed by atoms with Crippen molar-refractivity contribution >= 4 is 0 Å². The average Bonchev–Trinajstić information content (AvgIpc) is 4.07. The van der Waals surface area contributed by atoms with Crippen molar-refractivity contribution in [3.8, 4) is 23.0 Å². The van der Waals surface area contributed by atoms with Crippen molar-refractivity contribution in [1.29, 1.82) is 0 Å². The maximum absolute atomic E-state index is 6.23. The van der Waals surface area contributed by atoms with Crippen LogP contribution in [0.4, 0.5) is 0 Å². The molecule has 0 spiro atoms. The molecular weight excluding hydrogens is 713 g/mol.